The average Bonchev–Trinajstić information content (AvgIpc) is 2.90. The molecule has 0 aliphatic rings. The summed E-state index contributed by atoms with van der Waals surface area (Å²) in [6.45, 7) is 4.78. The normalized spacial score (nSPS) is 12.6. The Balaban J connectivity index is 2.18. The van der Waals surface area contributed by atoms with Crippen LogP contribution in [-0.2, 0) is 0 Å². The van der Waals surface area contributed by atoms with Crippen LogP contribution in [0.15, 0.2) is 24.3 Å². The maximum atomic E-state index is 5.63. The van der Waals surface area contributed by atoms with Crippen molar-refractivity contribution < 1.29 is 4.74 Å². The van der Waals surface area contributed by atoms with Crippen LogP contribution in [0.2, 0.25) is 0 Å². The van der Waals surface area contributed by atoms with Crippen molar-refractivity contribution >= 4 is 0 Å². The summed E-state index contributed by atoms with van der Waals surface area (Å²) in [6, 6.07) is 8.02. The quantitative estimate of drug-likeness (QED) is 0.820. The van der Waals surface area contributed by atoms with E-state index >= 15 is 0 Å². The molecule has 0 saturated carbocycles. The van der Waals surface area contributed by atoms with Crippen LogP contribution < -0.4 is 10.1 Å². The second kappa shape index (κ2) is 6.29. The molecule has 2 rings (SSSR count). The Bertz CT molecular complexity index is 480. The molecule has 6 heteroatoms. The molecule has 0 spiro atoms. The smallest absolute Gasteiger partial charge is 0.183 e. The van der Waals surface area contributed by atoms with Crippen LogP contribution in [0.1, 0.15) is 31.2 Å². The number of benzene rings is 1. The van der Waals surface area contributed by atoms with Crippen molar-refractivity contribution in [2.45, 2.75) is 25.9 Å². The second-order valence-electron chi connectivity index (χ2n) is 4.62. The zero-order valence-electron chi connectivity index (χ0n) is 11.4. The number of H-pyrrole nitrogens is 1. The predicted molar refractivity (Wildman–Crippen MR) is 72.2 cm³/mol. The van der Waals surface area contributed by atoms with Crippen LogP contribution in [0.5, 0.6) is 5.75 Å². The molecule has 19 heavy (non-hydrogen) atoms. The van der Waals surface area contributed by atoms with Crippen molar-refractivity contribution in [1.29, 1.82) is 0 Å². The van der Waals surface area contributed by atoms with E-state index in [9.17, 15) is 0 Å². The molecule has 0 aliphatic heterocycles. The zero-order valence-corrected chi connectivity index (χ0v) is 11.4. The van der Waals surface area contributed by atoms with E-state index in [1.165, 1.54) is 0 Å². The summed E-state index contributed by atoms with van der Waals surface area (Å²) in [4.78, 5) is 0. The molecule has 2 aromatic rings. The molecule has 1 aromatic carbocycles. The number of likely N-dealkylation sites (N-methyl/N-ethyl adjacent to an activating group) is 1. The van der Waals surface area contributed by atoms with Crippen LogP contribution in [0.3, 0.4) is 0 Å². The molecular formula is C13H19N5O. The molecule has 1 aromatic heterocycles. The van der Waals surface area contributed by atoms with E-state index in [4.69, 9.17) is 4.74 Å². The van der Waals surface area contributed by atoms with Gasteiger partial charge in [-0.25, -0.2) is 0 Å². The van der Waals surface area contributed by atoms with Gasteiger partial charge in [0, 0.05) is 6.54 Å². The molecule has 102 valence electrons. The standard InChI is InChI=1S/C13H19N5O/c1-9(2)19-11-6-4-10(5-7-11)12(8-14-3)13-15-17-18-16-13/h4-7,9,12,14H,8H2,1-3H3,(H,15,16,17,18). The van der Waals surface area contributed by atoms with Crippen LogP contribution in [0.25, 0.3) is 0 Å². The summed E-state index contributed by atoms with van der Waals surface area (Å²) in [6.07, 6.45) is 0.177. The number of ether oxygens (including phenoxy) is 1. The highest BCUT2D eigenvalue weighted by Gasteiger charge is 2.17. The maximum Gasteiger partial charge on any atom is 0.183 e. The third kappa shape index (κ3) is 3.51. The second-order valence-corrected chi connectivity index (χ2v) is 4.62. The first kappa shape index (κ1) is 13.5. The van der Waals surface area contributed by atoms with Gasteiger partial charge in [-0.15, -0.1) is 10.2 Å². The fourth-order valence-electron chi connectivity index (χ4n) is 1.93. The average molecular weight is 261 g/mol. The van der Waals surface area contributed by atoms with E-state index in [0.717, 1.165) is 17.9 Å². The molecule has 0 aliphatic carbocycles. The van der Waals surface area contributed by atoms with Gasteiger partial charge in [-0.1, -0.05) is 17.3 Å². The van der Waals surface area contributed by atoms with Gasteiger partial charge in [0.15, 0.2) is 5.82 Å². The van der Waals surface area contributed by atoms with Gasteiger partial charge >= 0.3 is 0 Å². The molecular weight excluding hydrogens is 242 g/mol. The Labute approximate surface area is 112 Å². The van der Waals surface area contributed by atoms with Crippen LogP contribution in [-0.4, -0.2) is 40.3 Å². The Morgan fingerprint density at radius 3 is 2.53 bits per heavy atom. The highest BCUT2D eigenvalue weighted by atomic mass is 16.5. The fraction of sp³-hybridized carbons (Fsp3) is 0.462. The first-order valence-electron chi connectivity index (χ1n) is 6.35. The first-order chi connectivity index (χ1) is 9.20. The van der Waals surface area contributed by atoms with Gasteiger partial charge < -0.3 is 10.1 Å². The Morgan fingerprint density at radius 1 is 1.26 bits per heavy atom. The van der Waals surface area contributed by atoms with Gasteiger partial charge in [0.05, 0.1) is 12.0 Å². The number of hydrogen-bond acceptors (Lipinski definition) is 5. The summed E-state index contributed by atoms with van der Waals surface area (Å²) in [5, 5.41) is 17.4. The largest absolute Gasteiger partial charge is 0.491 e. The van der Waals surface area contributed by atoms with Crippen LogP contribution >= 0.6 is 0 Å². The number of rotatable bonds is 6. The van der Waals surface area contributed by atoms with E-state index in [1.807, 2.05) is 45.2 Å². The number of aromatic nitrogens is 4. The molecule has 0 saturated heterocycles. The van der Waals surface area contributed by atoms with Gasteiger partial charge in [-0.05, 0) is 38.6 Å². The van der Waals surface area contributed by atoms with Crippen LogP contribution in [0, 0.1) is 0 Å². The van der Waals surface area contributed by atoms with Gasteiger partial charge in [0.25, 0.3) is 0 Å². The summed E-state index contributed by atoms with van der Waals surface area (Å²) >= 11 is 0. The van der Waals surface area contributed by atoms with Gasteiger partial charge in [0.1, 0.15) is 5.75 Å². The minimum Gasteiger partial charge on any atom is -0.491 e. The van der Waals surface area contributed by atoms with Crippen molar-refractivity contribution in [3.8, 4) is 5.75 Å². The van der Waals surface area contributed by atoms with E-state index < -0.39 is 0 Å². The predicted octanol–water partition coefficient (Wildman–Crippen LogP) is 1.34. The van der Waals surface area contributed by atoms with Crippen LogP contribution in [0.4, 0.5) is 0 Å². The lowest BCUT2D eigenvalue weighted by atomic mass is 9.98. The van der Waals surface area contributed by atoms with Crippen molar-refractivity contribution in [1.82, 2.24) is 25.9 Å². The molecule has 0 fully saturated rings. The number of nitrogens with one attached hydrogen (secondary N) is 2. The monoisotopic (exact) mass is 261 g/mol. The third-order valence-corrected chi connectivity index (χ3v) is 2.74. The highest BCUT2D eigenvalue weighted by molar-refractivity contribution is 5.32. The lowest BCUT2D eigenvalue weighted by molar-refractivity contribution is 0.242. The number of hydrogen-bond donors (Lipinski definition) is 2. The molecule has 0 bridgehead atoms. The van der Waals surface area contributed by atoms with E-state index in [0.29, 0.717) is 5.82 Å². The summed E-state index contributed by atoms with van der Waals surface area (Å²) < 4.78 is 5.63. The van der Waals surface area contributed by atoms with Gasteiger partial charge in [-0.2, -0.15) is 5.21 Å². The van der Waals surface area contributed by atoms with Crippen molar-refractivity contribution in [3.63, 3.8) is 0 Å². The van der Waals surface area contributed by atoms with E-state index in [2.05, 4.69) is 25.9 Å². The fourth-order valence-corrected chi connectivity index (χ4v) is 1.93. The van der Waals surface area contributed by atoms with E-state index in [-0.39, 0.29) is 12.0 Å². The summed E-state index contributed by atoms with van der Waals surface area (Å²) in [7, 11) is 1.91. The molecule has 1 unspecified atom stereocenters. The minimum atomic E-state index is 0.0804. The topological polar surface area (TPSA) is 75.7 Å². The van der Waals surface area contributed by atoms with Gasteiger partial charge in [0.2, 0.25) is 0 Å². The molecule has 1 atom stereocenters. The van der Waals surface area contributed by atoms with Crippen molar-refractivity contribution in [3.05, 3.63) is 35.7 Å². The molecule has 2 N–H and O–H groups in total. The lowest BCUT2D eigenvalue weighted by Crippen LogP contribution is -2.19. The molecule has 1 heterocycles. The lowest BCUT2D eigenvalue weighted by Gasteiger charge is -2.14. The number of aromatic amines is 1. The van der Waals surface area contributed by atoms with E-state index in [1.54, 1.807) is 0 Å². The Kier molecular flexibility index (Phi) is 4.46. The maximum absolute atomic E-state index is 5.63. The minimum absolute atomic E-state index is 0.0804. The summed E-state index contributed by atoms with van der Waals surface area (Å²) in [5.41, 5.74) is 1.13. The molecule has 0 amide bonds. The Morgan fingerprint density at radius 2 is 2.00 bits per heavy atom. The SMILES string of the molecule is CNCC(c1ccc(OC(C)C)cc1)c1nn[nH]n1. The zero-order chi connectivity index (χ0) is 13.7. The first-order valence-corrected chi connectivity index (χ1v) is 6.35. The van der Waals surface area contributed by atoms with Crippen molar-refractivity contribution in [2.24, 2.45) is 0 Å². The number of nitrogens with zero attached hydrogens (tertiary/aromatic N) is 3. The highest BCUT2D eigenvalue weighted by Crippen LogP contribution is 2.23. The third-order valence-electron chi connectivity index (χ3n) is 2.74. The molecule has 0 radical (unpaired) electrons. The molecule has 6 nitrogen and oxygen atoms in total. The number of tetrazole rings is 1. The van der Waals surface area contributed by atoms with Gasteiger partial charge in [-0.3, -0.25) is 0 Å². The summed E-state index contributed by atoms with van der Waals surface area (Å²) in [5.74, 6) is 1.64. The van der Waals surface area contributed by atoms with Crippen molar-refractivity contribution in [2.75, 3.05) is 13.6 Å². The Hall–Kier alpha value is -1.95.